The summed E-state index contributed by atoms with van der Waals surface area (Å²) in [5.74, 6) is 0. The monoisotopic (exact) mass is 201 g/mol. The molecule has 0 aliphatic rings. The first-order valence-corrected chi connectivity index (χ1v) is 5.50. The molecule has 0 aliphatic heterocycles. The summed E-state index contributed by atoms with van der Waals surface area (Å²) in [7, 11) is 0. The van der Waals surface area contributed by atoms with Crippen LogP contribution in [0.25, 0.3) is 0 Å². The van der Waals surface area contributed by atoms with Gasteiger partial charge in [-0.25, -0.2) is 0 Å². The average Bonchev–Trinajstić information content (AvgIpc) is 2.15. The van der Waals surface area contributed by atoms with Gasteiger partial charge in [-0.05, 0) is 26.7 Å². The number of hydrogen-bond donors (Lipinski definition) is 1. The van der Waals surface area contributed by atoms with Crippen molar-refractivity contribution < 1.29 is 9.94 Å². The van der Waals surface area contributed by atoms with Gasteiger partial charge in [0.1, 0.15) is 12.2 Å². The molecule has 0 aromatic rings. The Balaban J connectivity index is 4.44. The second-order valence-corrected chi connectivity index (χ2v) is 3.63. The fourth-order valence-corrected chi connectivity index (χ4v) is 1.56. The van der Waals surface area contributed by atoms with Gasteiger partial charge in [-0.15, -0.1) is 0 Å². The Labute approximate surface area is 87.1 Å². The summed E-state index contributed by atoms with van der Waals surface area (Å²) in [6.45, 7) is 8.39. The minimum absolute atomic E-state index is 0.547. The van der Waals surface area contributed by atoms with Crippen molar-refractivity contribution in [3.05, 3.63) is 0 Å². The Morgan fingerprint density at radius 2 is 1.71 bits per heavy atom. The largest absolute Gasteiger partial charge is 0.396 e. The van der Waals surface area contributed by atoms with Crippen LogP contribution in [0.1, 0.15) is 53.4 Å². The first-order valence-electron chi connectivity index (χ1n) is 5.50. The van der Waals surface area contributed by atoms with Crippen molar-refractivity contribution in [3.63, 3.8) is 0 Å². The van der Waals surface area contributed by atoms with Crippen LogP contribution in [0.5, 0.6) is 0 Å². The van der Waals surface area contributed by atoms with Crippen LogP contribution in [0, 0.1) is 0 Å². The molecule has 0 saturated carbocycles. The van der Waals surface area contributed by atoms with Crippen molar-refractivity contribution in [3.8, 4) is 0 Å². The van der Waals surface area contributed by atoms with E-state index < -0.39 is 5.60 Å². The van der Waals surface area contributed by atoms with E-state index in [1.54, 1.807) is 0 Å². The Bertz CT molecular complexity index is 172. The molecule has 14 heavy (non-hydrogen) atoms. The van der Waals surface area contributed by atoms with E-state index in [2.05, 4.69) is 19.0 Å². The van der Waals surface area contributed by atoms with Crippen LogP contribution in [-0.2, 0) is 4.84 Å². The lowest BCUT2D eigenvalue weighted by Crippen LogP contribution is -2.36. The Morgan fingerprint density at radius 1 is 1.21 bits per heavy atom. The van der Waals surface area contributed by atoms with Crippen LogP contribution in [0.2, 0.25) is 0 Å². The number of rotatable bonds is 7. The predicted octanol–water partition coefficient (Wildman–Crippen LogP) is 2.73. The molecule has 3 nitrogen and oxygen atoms in total. The molecule has 1 N–H and O–H groups in total. The Hall–Kier alpha value is -0.570. The summed E-state index contributed by atoms with van der Waals surface area (Å²) in [4.78, 5) is 4.96. The lowest BCUT2D eigenvalue weighted by Gasteiger charge is -2.26. The molecule has 0 aromatic heterocycles. The molecule has 3 heteroatoms. The molecular formula is C11H23NO2. The fourth-order valence-electron chi connectivity index (χ4n) is 1.56. The van der Waals surface area contributed by atoms with Gasteiger partial charge in [0.05, 0.1) is 5.71 Å². The molecule has 0 fully saturated rings. The number of aliphatic hydroxyl groups is 1. The Morgan fingerprint density at radius 3 is 2.07 bits per heavy atom. The highest BCUT2D eigenvalue weighted by atomic mass is 16.6. The van der Waals surface area contributed by atoms with Gasteiger partial charge in [0.15, 0.2) is 0 Å². The molecule has 84 valence electrons. The number of oxime groups is 1. The summed E-state index contributed by atoms with van der Waals surface area (Å²) in [5.41, 5.74) is -0.0679. The van der Waals surface area contributed by atoms with Gasteiger partial charge in [-0.2, -0.15) is 0 Å². The zero-order valence-corrected chi connectivity index (χ0v) is 9.84. The highest BCUT2D eigenvalue weighted by Crippen LogP contribution is 2.21. The van der Waals surface area contributed by atoms with E-state index in [4.69, 9.17) is 4.84 Å². The zero-order chi connectivity index (χ0) is 11.0. The smallest absolute Gasteiger partial charge is 0.114 e. The van der Waals surface area contributed by atoms with E-state index >= 15 is 0 Å². The molecule has 0 aromatic carbocycles. The van der Waals surface area contributed by atoms with Gasteiger partial charge in [0, 0.05) is 0 Å². The molecule has 0 unspecified atom stereocenters. The maximum absolute atomic E-state index is 10.3. The summed E-state index contributed by atoms with van der Waals surface area (Å²) >= 11 is 0. The molecule has 0 aliphatic carbocycles. The molecule has 0 spiro atoms. The molecular weight excluding hydrogens is 178 g/mol. The second-order valence-electron chi connectivity index (χ2n) is 3.63. The third-order valence-electron chi connectivity index (χ3n) is 2.33. The standard InChI is InChI=1S/C11H23NO2/c1-5-8-11(13,9-6-2)10(4)12-14-7-3/h13H,5-9H2,1-4H3. The predicted molar refractivity (Wildman–Crippen MR) is 59.5 cm³/mol. The highest BCUT2D eigenvalue weighted by molar-refractivity contribution is 5.89. The van der Waals surface area contributed by atoms with Crippen molar-refractivity contribution in [1.82, 2.24) is 0 Å². The maximum atomic E-state index is 10.3. The van der Waals surface area contributed by atoms with Crippen LogP contribution in [0.4, 0.5) is 0 Å². The molecule has 0 saturated heterocycles. The van der Waals surface area contributed by atoms with E-state index in [1.807, 2.05) is 13.8 Å². The van der Waals surface area contributed by atoms with Crippen LogP contribution in [-0.4, -0.2) is 23.0 Å². The minimum Gasteiger partial charge on any atom is -0.396 e. The van der Waals surface area contributed by atoms with Gasteiger partial charge in [0.2, 0.25) is 0 Å². The van der Waals surface area contributed by atoms with E-state index in [1.165, 1.54) is 0 Å². The highest BCUT2D eigenvalue weighted by Gasteiger charge is 2.28. The molecule has 0 heterocycles. The quantitative estimate of drug-likeness (QED) is 0.508. The average molecular weight is 201 g/mol. The molecule has 0 radical (unpaired) electrons. The maximum Gasteiger partial charge on any atom is 0.114 e. The van der Waals surface area contributed by atoms with E-state index in [0.29, 0.717) is 12.3 Å². The van der Waals surface area contributed by atoms with Crippen LogP contribution < -0.4 is 0 Å². The SMILES string of the molecule is CCCC(O)(CCC)C(C)=NOCC. The number of nitrogens with zero attached hydrogens (tertiary/aromatic N) is 1. The third-order valence-corrected chi connectivity index (χ3v) is 2.33. The molecule has 0 rings (SSSR count). The molecule has 0 bridgehead atoms. The lowest BCUT2D eigenvalue weighted by molar-refractivity contribution is 0.0794. The van der Waals surface area contributed by atoms with Gasteiger partial charge < -0.3 is 9.94 Å². The van der Waals surface area contributed by atoms with Crippen LogP contribution >= 0.6 is 0 Å². The topological polar surface area (TPSA) is 41.8 Å². The third kappa shape index (κ3) is 4.09. The van der Waals surface area contributed by atoms with Crippen molar-refractivity contribution in [1.29, 1.82) is 0 Å². The zero-order valence-electron chi connectivity index (χ0n) is 9.84. The van der Waals surface area contributed by atoms with Gasteiger partial charge in [0.25, 0.3) is 0 Å². The fraction of sp³-hybridized carbons (Fsp3) is 0.909. The van der Waals surface area contributed by atoms with E-state index in [9.17, 15) is 5.11 Å². The van der Waals surface area contributed by atoms with Crippen molar-refractivity contribution in [2.24, 2.45) is 5.16 Å². The van der Waals surface area contributed by atoms with E-state index in [-0.39, 0.29) is 0 Å². The summed E-state index contributed by atoms with van der Waals surface area (Å²) in [5, 5.41) is 14.2. The minimum atomic E-state index is -0.765. The summed E-state index contributed by atoms with van der Waals surface area (Å²) in [6, 6.07) is 0. The summed E-state index contributed by atoms with van der Waals surface area (Å²) < 4.78 is 0. The first-order chi connectivity index (χ1) is 6.60. The second kappa shape index (κ2) is 6.82. The van der Waals surface area contributed by atoms with Gasteiger partial charge in [-0.1, -0.05) is 31.8 Å². The lowest BCUT2D eigenvalue weighted by atomic mass is 9.88. The van der Waals surface area contributed by atoms with Crippen LogP contribution in [0.15, 0.2) is 5.16 Å². The van der Waals surface area contributed by atoms with Gasteiger partial charge in [-0.3, -0.25) is 0 Å². The molecule has 0 amide bonds. The summed E-state index contributed by atoms with van der Waals surface area (Å²) in [6.07, 6.45) is 3.41. The van der Waals surface area contributed by atoms with Crippen molar-refractivity contribution in [2.75, 3.05) is 6.61 Å². The normalized spacial score (nSPS) is 13.1. The van der Waals surface area contributed by atoms with E-state index in [0.717, 1.165) is 25.7 Å². The first kappa shape index (κ1) is 13.4. The number of hydrogen-bond acceptors (Lipinski definition) is 3. The van der Waals surface area contributed by atoms with Gasteiger partial charge >= 0.3 is 0 Å². The van der Waals surface area contributed by atoms with Crippen molar-refractivity contribution in [2.45, 2.75) is 59.0 Å². The molecule has 0 atom stereocenters. The van der Waals surface area contributed by atoms with Crippen LogP contribution in [0.3, 0.4) is 0 Å². The van der Waals surface area contributed by atoms with Crippen molar-refractivity contribution >= 4 is 5.71 Å². The Kier molecular flexibility index (Phi) is 6.54.